The Labute approximate surface area is 105 Å². The number of aromatic nitrogens is 2. The second-order valence-electron chi connectivity index (χ2n) is 4.82. The quantitative estimate of drug-likeness (QED) is 0.785. The van der Waals surface area contributed by atoms with Gasteiger partial charge in [0.1, 0.15) is 11.7 Å². The predicted molar refractivity (Wildman–Crippen MR) is 63.5 cm³/mol. The minimum Gasteiger partial charge on any atom is -0.380 e. The molecule has 0 radical (unpaired) electrons. The topological polar surface area (TPSA) is 68.5 Å². The van der Waals surface area contributed by atoms with Crippen LogP contribution in [0.15, 0.2) is 4.52 Å². The summed E-state index contributed by atoms with van der Waals surface area (Å²) in [4.78, 5) is 18.2. The van der Waals surface area contributed by atoms with Gasteiger partial charge in [0.25, 0.3) is 5.95 Å². The first kappa shape index (κ1) is 11.6. The third kappa shape index (κ3) is 2.25. The molecule has 0 aliphatic carbocycles. The molecule has 0 saturated carbocycles. The van der Waals surface area contributed by atoms with Gasteiger partial charge < -0.3 is 14.2 Å². The average Bonchev–Trinajstić information content (AvgIpc) is 2.90. The Hall–Kier alpha value is -1.43. The van der Waals surface area contributed by atoms with Crippen molar-refractivity contribution in [3.05, 3.63) is 5.89 Å². The number of hydrogen-bond acceptors (Lipinski definition) is 6. The van der Waals surface area contributed by atoms with E-state index in [-0.39, 0.29) is 11.7 Å². The molecule has 2 saturated heterocycles. The largest absolute Gasteiger partial charge is 0.380 e. The lowest BCUT2D eigenvalue weighted by atomic mass is 10.0. The number of piperidine rings is 1. The Kier molecular flexibility index (Phi) is 3.27. The molecule has 0 N–H and O–H groups in total. The van der Waals surface area contributed by atoms with Crippen molar-refractivity contribution in [3.63, 3.8) is 0 Å². The molecule has 6 heteroatoms. The summed E-state index contributed by atoms with van der Waals surface area (Å²) in [6, 6.07) is 0. The highest BCUT2D eigenvalue weighted by Gasteiger charge is 2.30. The number of rotatable bonds is 2. The van der Waals surface area contributed by atoms with Crippen LogP contribution in [0.1, 0.15) is 37.5 Å². The molecule has 6 nitrogen and oxygen atoms in total. The van der Waals surface area contributed by atoms with Crippen molar-refractivity contribution in [1.29, 1.82) is 0 Å². The minimum atomic E-state index is -0.371. The smallest absolute Gasteiger partial charge is 0.266 e. The molecule has 1 aromatic heterocycles. The molecule has 1 atom stereocenters. The van der Waals surface area contributed by atoms with Gasteiger partial charge in [-0.25, -0.2) is 0 Å². The lowest BCUT2D eigenvalue weighted by Gasteiger charge is -2.24. The third-order valence-electron chi connectivity index (χ3n) is 3.53. The van der Waals surface area contributed by atoms with E-state index in [4.69, 9.17) is 9.26 Å². The minimum absolute atomic E-state index is 0.134. The van der Waals surface area contributed by atoms with Crippen molar-refractivity contribution in [2.45, 2.75) is 31.6 Å². The van der Waals surface area contributed by atoms with E-state index in [2.05, 4.69) is 15.0 Å². The zero-order valence-corrected chi connectivity index (χ0v) is 10.3. The fourth-order valence-corrected chi connectivity index (χ4v) is 2.44. The van der Waals surface area contributed by atoms with Crippen LogP contribution in [-0.2, 0) is 9.53 Å². The van der Waals surface area contributed by atoms with E-state index in [1.807, 2.05) is 0 Å². The normalized spacial score (nSPS) is 25.4. The van der Waals surface area contributed by atoms with E-state index in [1.54, 1.807) is 0 Å². The molecule has 0 aromatic carbocycles. The zero-order chi connectivity index (χ0) is 12.4. The summed E-state index contributed by atoms with van der Waals surface area (Å²) < 4.78 is 10.5. The van der Waals surface area contributed by atoms with E-state index in [0.29, 0.717) is 31.5 Å². The first-order valence-electron chi connectivity index (χ1n) is 6.53. The molecular weight excluding hydrogens is 234 g/mol. The molecule has 98 valence electrons. The molecule has 1 unspecified atom stereocenters. The molecule has 0 spiro atoms. The second-order valence-corrected chi connectivity index (χ2v) is 4.82. The summed E-state index contributed by atoms with van der Waals surface area (Å²) in [7, 11) is 0. The van der Waals surface area contributed by atoms with Crippen molar-refractivity contribution in [2.75, 3.05) is 31.2 Å². The lowest BCUT2D eigenvalue weighted by Crippen LogP contribution is -2.30. The van der Waals surface area contributed by atoms with Crippen molar-refractivity contribution in [2.24, 2.45) is 0 Å². The van der Waals surface area contributed by atoms with Crippen LogP contribution in [0.25, 0.3) is 0 Å². The molecule has 18 heavy (non-hydrogen) atoms. The summed E-state index contributed by atoms with van der Waals surface area (Å²) in [5.74, 6) is 0.781. The molecule has 0 bridgehead atoms. The molecular formula is C12H17N3O3. The maximum Gasteiger partial charge on any atom is 0.266 e. The van der Waals surface area contributed by atoms with Crippen LogP contribution in [0.3, 0.4) is 0 Å². The SMILES string of the molecule is O=C1CCOCC1c1nc(N2CCCCC2)no1. The number of ketones is 1. The van der Waals surface area contributed by atoms with Crippen LogP contribution in [0.2, 0.25) is 0 Å². The molecule has 2 aliphatic heterocycles. The molecule has 2 fully saturated rings. The van der Waals surface area contributed by atoms with Crippen molar-refractivity contribution < 1.29 is 14.1 Å². The average molecular weight is 251 g/mol. The Morgan fingerprint density at radius 3 is 2.83 bits per heavy atom. The van der Waals surface area contributed by atoms with Gasteiger partial charge in [0, 0.05) is 19.5 Å². The second kappa shape index (κ2) is 5.06. The lowest BCUT2D eigenvalue weighted by molar-refractivity contribution is -0.127. The summed E-state index contributed by atoms with van der Waals surface area (Å²) in [5, 5.41) is 3.98. The van der Waals surface area contributed by atoms with Gasteiger partial charge in [0.15, 0.2) is 0 Å². The summed E-state index contributed by atoms with van der Waals surface area (Å²) >= 11 is 0. The zero-order valence-electron chi connectivity index (χ0n) is 10.3. The number of anilines is 1. The van der Waals surface area contributed by atoms with E-state index in [0.717, 1.165) is 25.9 Å². The predicted octanol–water partition coefficient (Wildman–Crippen LogP) is 1.13. The number of ether oxygens (including phenoxy) is 1. The van der Waals surface area contributed by atoms with Crippen LogP contribution in [-0.4, -0.2) is 42.2 Å². The molecule has 2 aliphatic rings. The van der Waals surface area contributed by atoms with E-state index in [1.165, 1.54) is 6.42 Å². The standard InChI is InChI=1S/C12H17N3O3/c16-10-4-7-17-8-9(10)11-13-12(14-18-11)15-5-2-1-3-6-15/h9H,1-8H2. The van der Waals surface area contributed by atoms with Crippen molar-refractivity contribution >= 4 is 11.7 Å². The van der Waals surface area contributed by atoms with Crippen molar-refractivity contribution in [3.8, 4) is 0 Å². The Morgan fingerprint density at radius 2 is 2.06 bits per heavy atom. The molecule has 3 heterocycles. The highest BCUT2D eigenvalue weighted by molar-refractivity contribution is 5.85. The Bertz CT molecular complexity index is 426. The fourth-order valence-electron chi connectivity index (χ4n) is 2.44. The number of nitrogens with zero attached hydrogens (tertiary/aromatic N) is 3. The highest BCUT2D eigenvalue weighted by Crippen LogP contribution is 2.24. The summed E-state index contributed by atoms with van der Waals surface area (Å²) in [6.45, 7) is 2.80. The van der Waals surface area contributed by atoms with E-state index in [9.17, 15) is 4.79 Å². The fraction of sp³-hybridized carbons (Fsp3) is 0.750. The maximum absolute atomic E-state index is 11.8. The van der Waals surface area contributed by atoms with Gasteiger partial charge in [-0.2, -0.15) is 4.98 Å². The van der Waals surface area contributed by atoms with Crippen molar-refractivity contribution in [1.82, 2.24) is 10.1 Å². The number of carbonyl (C=O) groups is 1. The molecule has 0 amide bonds. The Morgan fingerprint density at radius 1 is 1.22 bits per heavy atom. The van der Waals surface area contributed by atoms with Gasteiger partial charge in [-0.15, -0.1) is 0 Å². The monoisotopic (exact) mass is 251 g/mol. The molecule has 1 aromatic rings. The van der Waals surface area contributed by atoms with Gasteiger partial charge in [-0.05, 0) is 24.4 Å². The van der Waals surface area contributed by atoms with Gasteiger partial charge in [0.05, 0.1) is 13.2 Å². The number of Topliss-reactive ketones (excluding diaryl/α,β-unsaturated/α-hetero) is 1. The van der Waals surface area contributed by atoms with Crippen LogP contribution < -0.4 is 4.90 Å². The first-order chi connectivity index (χ1) is 8.84. The van der Waals surface area contributed by atoms with E-state index < -0.39 is 0 Å². The van der Waals surface area contributed by atoms with Gasteiger partial charge >= 0.3 is 0 Å². The van der Waals surface area contributed by atoms with Gasteiger partial charge in [-0.1, -0.05) is 0 Å². The molecule has 3 rings (SSSR count). The van der Waals surface area contributed by atoms with Gasteiger partial charge in [0.2, 0.25) is 5.89 Å². The van der Waals surface area contributed by atoms with Crippen LogP contribution in [0.5, 0.6) is 0 Å². The summed E-state index contributed by atoms with van der Waals surface area (Å²) in [5.41, 5.74) is 0. The van der Waals surface area contributed by atoms with Crippen LogP contribution >= 0.6 is 0 Å². The van der Waals surface area contributed by atoms with Crippen LogP contribution in [0, 0.1) is 0 Å². The Balaban J connectivity index is 1.73. The van der Waals surface area contributed by atoms with Crippen LogP contribution in [0.4, 0.5) is 5.95 Å². The highest BCUT2D eigenvalue weighted by atomic mass is 16.5. The number of carbonyl (C=O) groups excluding carboxylic acids is 1. The van der Waals surface area contributed by atoms with Gasteiger partial charge in [-0.3, -0.25) is 4.79 Å². The maximum atomic E-state index is 11.8. The first-order valence-corrected chi connectivity index (χ1v) is 6.53. The number of hydrogen-bond donors (Lipinski definition) is 0. The summed E-state index contributed by atoms with van der Waals surface area (Å²) in [6.07, 6.45) is 4.02. The van der Waals surface area contributed by atoms with E-state index >= 15 is 0 Å². The third-order valence-corrected chi connectivity index (χ3v) is 3.53.